The molecule has 3 fully saturated rings. The second-order valence-electron chi connectivity index (χ2n) is 10.8. The zero-order valence-electron chi connectivity index (χ0n) is 20.1. The highest BCUT2D eigenvalue weighted by atomic mass is 16.2. The van der Waals surface area contributed by atoms with Crippen molar-refractivity contribution < 1.29 is 9.59 Å². The van der Waals surface area contributed by atoms with Crippen LogP contribution in [0, 0.1) is 5.41 Å². The van der Waals surface area contributed by atoms with Crippen LogP contribution in [0.15, 0.2) is 24.3 Å². The minimum absolute atomic E-state index is 0.114. The van der Waals surface area contributed by atoms with Crippen LogP contribution in [0.2, 0.25) is 0 Å². The number of nitrogens with one attached hydrogen (secondary N) is 1. The van der Waals surface area contributed by atoms with Gasteiger partial charge in [0, 0.05) is 62.5 Å². The molecule has 4 rings (SSSR count). The fourth-order valence-corrected chi connectivity index (χ4v) is 5.33. The van der Waals surface area contributed by atoms with Gasteiger partial charge in [0.1, 0.15) is 0 Å². The molecule has 2 heterocycles. The van der Waals surface area contributed by atoms with E-state index in [0.29, 0.717) is 0 Å². The summed E-state index contributed by atoms with van der Waals surface area (Å²) in [4.78, 5) is 32.7. The van der Waals surface area contributed by atoms with Crippen LogP contribution in [0.1, 0.15) is 69.7 Å². The number of hydrogen-bond donors (Lipinski definition) is 1. The summed E-state index contributed by atoms with van der Waals surface area (Å²) >= 11 is 0. The van der Waals surface area contributed by atoms with Crippen molar-refractivity contribution in [1.82, 2.24) is 15.1 Å². The van der Waals surface area contributed by atoms with E-state index in [1.54, 1.807) is 0 Å². The number of hydrogen-bond acceptors (Lipinski definition) is 4. The van der Waals surface area contributed by atoms with E-state index >= 15 is 0 Å². The molecule has 1 aromatic rings. The number of benzene rings is 1. The quantitative estimate of drug-likeness (QED) is 0.778. The normalized spacial score (nSPS) is 21.7. The highest BCUT2D eigenvalue weighted by Crippen LogP contribution is 2.28. The fraction of sp³-hybridized carbons (Fsp3) is 0.692. The second-order valence-corrected chi connectivity index (χ2v) is 10.8. The number of para-hydroxylation sites is 1. The fourth-order valence-electron chi connectivity index (χ4n) is 5.33. The molecule has 2 aliphatic heterocycles. The molecule has 1 aliphatic carbocycles. The maximum atomic E-state index is 13.4. The third-order valence-corrected chi connectivity index (χ3v) is 7.43. The maximum absolute atomic E-state index is 13.4. The van der Waals surface area contributed by atoms with Gasteiger partial charge in [-0.2, -0.15) is 0 Å². The minimum Gasteiger partial charge on any atom is -0.371 e. The summed E-state index contributed by atoms with van der Waals surface area (Å²) in [6.07, 6.45) is 7.17. The van der Waals surface area contributed by atoms with E-state index < -0.39 is 0 Å². The van der Waals surface area contributed by atoms with Gasteiger partial charge in [0.2, 0.25) is 5.91 Å². The molecule has 1 aromatic carbocycles. The molecule has 3 aliphatic rings. The first kappa shape index (κ1) is 23.1. The molecule has 1 saturated carbocycles. The van der Waals surface area contributed by atoms with E-state index in [9.17, 15) is 9.59 Å². The van der Waals surface area contributed by atoms with Crippen molar-refractivity contribution in [2.24, 2.45) is 5.41 Å². The average molecular weight is 441 g/mol. The summed E-state index contributed by atoms with van der Waals surface area (Å²) in [5.41, 5.74) is 1.49. The first-order chi connectivity index (χ1) is 15.3. The number of carbonyl (C=O) groups excluding carboxylic acids is 2. The van der Waals surface area contributed by atoms with E-state index in [4.69, 9.17) is 0 Å². The third kappa shape index (κ3) is 5.28. The number of carbonyl (C=O) groups is 2. The van der Waals surface area contributed by atoms with Crippen molar-refractivity contribution >= 4 is 17.5 Å². The Hall–Kier alpha value is -2.08. The van der Waals surface area contributed by atoms with Gasteiger partial charge in [0.15, 0.2) is 0 Å². The van der Waals surface area contributed by atoms with Crippen molar-refractivity contribution in [2.45, 2.75) is 71.4 Å². The van der Waals surface area contributed by atoms with Crippen LogP contribution in [-0.4, -0.2) is 73.0 Å². The average Bonchev–Trinajstić information content (AvgIpc) is 3.34. The molecule has 6 nitrogen and oxygen atoms in total. The Morgan fingerprint density at radius 3 is 2.12 bits per heavy atom. The first-order valence-electron chi connectivity index (χ1n) is 12.5. The molecule has 2 saturated heterocycles. The van der Waals surface area contributed by atoms with Gasteiger partial charge in [-0.1, -0.05) is 45.7 Å². The van der Waals surface area contributed by atoms with Crippen molar-refractivity contribution in [3.05, 3.63) is 29.8 Å². The van der Waals surface area contributed by atoms with Crippen molar-refractivity contribution in [2.75, 3.05) is 44.2 Å². The van der Waals surface area contributed by atoms with Crippen LogP contribution in [0.3, 0.4) is 0 Å². The lowest BCUT2D eigenvalue weighted by atomic mass is 9.94. The Morgan fingerprint density at radius 1 is 0.875 bits per heavy atom. The molecule has 0 radical (unpaired) electrons. The Bertz CT molecular complexity index is 796. The Labute approximate surface area is 193 Å². The van der Waals surface area contributed by atoms with E-state index in [1.165, 1.54) is 25.7 Å². The summed E-state index contributed by atoms with van der Waals surface area (Å²) in [7, 11) is 0. The van der Waals surface area contributed by atoms with Gasteiger partial charge in [-0.05, 0) is 37.8 Å². The number of anilines is 1. The van der Waals surface area contributed by atoms with Crippen molar-refractivity contribution in [1.29, 1.82) is 0 Å². The molecule has 0 aromatic heterocycles. The van der Waals surface area contributed by atoms with Gasteiger partial charge >= 0.3 is 0 Å². The van der Waals surface area contributed by atoms with E-state index in [0.717, 1.165) is 69.4 Å². The lowest BCUT2D eigenvalue weighted by Crippen LogP contribution is -2.51. The van der Waals surface area contributed by atoms with Crippen LogP contribution < -0.4 is 10.2 Å². The minimum atomic E-state index is -0.363. The SMILES string of the molecule is CC(C)(C)C(=O)NC1CCN(c2ccccc2C(=O)N2CCN(C3CCCC3)CC2)CC1. The largest absolute Gasteiger partial charge is 0.371 e. The molecule has 2 amide bonds. The topological polar surface area (TPSA) is 55.9 Å². The lowest BCUT2D eigenvalue weighted by Gasteiger charge is -2.39. The molecule has 32 heavy (non-hydrogen) atoms. The zero-order valence-corrected chi connectivity index (χ0v) is 20.1. The van der Waals surface area contributed by atoms with Crippen molar-refractivity contribution in [3.63, 3.8) is 0 Å². The number of rotatable bonds is 4. The van der Waals surface area contributed by atoms with E-state index in [2.05, 4.69) is 21.2 Å². The van der Waals surface area contributed by atoms with Gasteiger partial charge in [-0.25, -0.2) is 0 Å². The lowest BCUT2D eigenvalue weighted by molar-refractivity contribution is -0.129. The van der Waals surface area contributed by atoms with Gasteiger partial charge in [0.25, 0.3) is 5.91 Å². The van der Waals surface area contributed by atoms with Gasteiger partial charge in [-0.15, -0.1) is 0 Å². The molecule has 176 valence electrons. The molecular formula is C26H40N4O2. The Kier molecular flexibility index (Phi) is 7.08. The first-order valence-corrected chi connectivity index (χ1v) is 12.5. The number of piperidine rings is 1. The standard InChI is InChI=1S/C26H40N4O2/c1-26(2,3)25(32)27-20-12-14-29(15-13-20)23-11-7-6-10-22(23)24(31)30-18-16-28(17-19-30)21-8-4-5-9-21/h6-7,10-11,20-21H,4-5,8-9,12-19H2,1-3H3,(H,27,32). The molecule has 0 spiro atoms. The predicted molar refractivity (Wildman–Crippen MR) is 129 cm³/mol. The maximum Gasteiger partial charge on any atom is 0.256 e. The highest BCUT2D eigenvalue weighted by molar-refractivity contribution is 6.00. The van der Waals surface area contributed by atoms with E-state index in [1.807, 2.05) is 43.9 Å². The van der Waals surface area contributed by atoms with Crippen LogP contribution in [0.4, 0.5) is 5.69 Å². The highest BCUT2D eigenvalue weighted by Gasteiger charge is 2.31. The molecule has 0 bridgehead atoms. The van der Waals surface area contributed by atoms with Crippen LogP contribution in [0.25, 0.3) is 0 Å². The molecule has 0 atom stereocenters. The summed E-state index contributed by atoms with van der Waals surface area (Å²) in [6, 6.07) is 9.01. The van der Waals surface area contributed by atoms with Gasteiger partial charge in [0.05, 0.1) is 5.56 Å². The monoisotopic (exact) mass is 440 g/mol. The van der Waals surface area contributed by atoms with E-state index in [-0.39, 0.29) is 23.3 Å². The third-order valence-electron chi connectivity index (χ3n) is 7.43. The Balaban J connectivity index is 1.35. The molecule has 0 unspecified atom stereocenters. The second kappa shape index (κ2) is 9.82. The number of amides is 2. The van der Waals surface area contributed by atoms with Gasteiger partial charge in [-0.3, -0.25) is 14.5 Å². The Morgan fingerprint density at radius 2 is 1.50 bits per heavy atom. The molecule has 1 N–H and O–H groups in total. The summed E-state index contributed by atoms with van der Waals surface area (Å²) in [6.45, 7) is 11.2. The number of nitrogens with zero attached hydrogens (tertiary/aromatic N) is 3. The predicted octanol–water partition coefficient (Wildman–Crippen LogP) is 3.52. The summed E-state index contributed by atoms with van der Waals surface area (Å²) < 4.78 is 0. The molecule has 6 heteroatoms. The van der Waals surface area contributed by atoms with Crippen LogP contribution >= 0.6 is 0 Å². The van der Waals surface area contributed by atoms with Crippen LogP contribution in [0.5, 0.6) is 0 Å². The number of piperazine rings is 1. The zero-order chi connectivity index (χ0) is 22.7. The summed E-state index contributed by atoms with van der Waals surface area (Å²) in [5.74, 6) is 0.276. The van der Waals surface area contributed by atoms with Crippen molar-refractivity contribution in [3.8, 4) is 0 Å². The summed E-state index contributed by atoms with van der Waals surface area (Å²) in [5, 5.41) is 3.20. The molecular weight excluding hydrogens is 400 g/mol. The smallest absolute Gasteiger partial charge is 0.256 e. The van der Waals surface area contributed by atoms with Crippen LogP contribution in [-0.2, 0) is 4.79 Å². The van der Waals surface area contributed by atoms with Gasteiger partial charge < -0.3 is 15.1 Å².